The Morgan fingerprint density at radius 3 is 1.66 bits per heavy atom. The highest BCUT2D eigenvalue weighted by Gasteiger charge is 2.11. The number of benzene rings is 5. The minimum Gasteiger partial charge on any atom is -0.361 e. The van der Waals surface area contributed by atoms with Crippen molar-refractivity contribution < 1.29 is 4.52 Å². The van der Waals surface area contributed by atoms with Gasteiger partial charge in [-0.05, 0) is 162 Å². The van der Waals surface area contributed by atoms with E-state index < -0.39 is 0 Å². The van der Waals surface area contributed by atoms with Gasteiger partial charge in [-0.25, -0.2) is 0 Å². The number of aromatic amines is 2. The maximum Gasteiger partial charge on any atom is 0.213 e. The highest BCUT2D eigenvalue weighted by molar-refractivity contribution is 7.17. The molecule has 7 heterocycles. The molecule has 0 amide bonds. The van der Waals surface area contributed by atoms with Crippen LogP contribution in [0.25, 0.3) is 53.7 Å². The van der Waals surface area contributed by atoms with Crippen LogP contribution < -0.4 is 0 Å². The van der Waals surface area contributed by atoms with Crippen LogP contribution in [0.1, 0.15) is 141 Å². The summed E-state index contributed by atoms with van der Waals surface area (Å²) in [6.07, 6.45) is 13.5. The number of rotatable bonds is 14. The van der Waals surface area contributed by atoms with Crippen molar-refractivity contribution in [3.05, 3.63) is 201 Å². The van der Waals surface area contributed by atoms with Crippen molar-refractivity contribution >= 4 is 76.4 Å². The fourth-order valence-electron chi connectivity index (χ4n) is 10.4. The number of nitrogens with one attached hydrogen (secondary N) is 2. The Hall–Kier alpha value is -7.08. The van der Waals surface area contributed by atoms with E-state index in [1.165, 1.54) is 107 Å². The summed E-state index contributed by atoms with van der Waals surface area (Å²) in [7, 11) is 4.12. The fraction of sp³-hybridized carbons (Fsp3) is 0.413. The van der Waals surface area contributed by atoms with Crippen molar-refractivity contribution in [3.63, 3.8) is 0 Å². The van der Waals surface area contributed by atoms with Crippen LogP contribution in [0.15, 0.2) is 161 Å². The smallest absolute Gasteiger partial charge is 0.213 e. The van der Waals surface area contributed by atoms with E-state index in [2.05, 4.69) is 289 Å². The van der Waals surface area contributed by atoms with Crippen LogP contribution in [0.3, 0.4) is 0 Å². The van der Waals surface area contributed by atoms with Crippen LogP contribution >= 0.6 is 22.7 Å². The van der Waals surface area contributed by atoms with Crippen molar-refractivity contribution in [1.29, 1.82) is 0 Å². The molecular formula is C75H100N8OS2. The van der Waals surface area contributed by atoms with E-state index in [-0.39, 0.29) is 0 Å². The van der Waals surface area contributed by atoms with Gasteiger partial charge in [0.15, 0.2) is 5.82 Å². The molecule has 0 fully saturated rings. The lowest BCUT2D eigenvalue weighted by Gasteiger charge is -2.02. The lowest BCUT2D eigenvalue weighted by Crippen LogP contribution is -1.96. The Morgan fingerprint density at radius 1 is 0.500 bits per heavy atom. The van der Waals surface area contributed by atoms with Crippen molar-refractivity contribution in [2.45, 2.75) is 149 Å². The molecule has 0 radical (unpaired) electrons. The number of H-pyrrole nitrogens is 2. The van der Waals surface area contributed by atoms with Crippen LogP contribution in [0.2, 0.25) is 0 Å². The Morgan fingerprint density at radius 2 is 1.05 bits per heavy atom. The van der Waals surface area contributed by atoms with Gasteiger partial charge in [0.2, 0.25) is 6.39 Å². The first-order valence-corrected chi connectivity index (χ1v) is 33.1. The van der Waals surface area contributed by atoms with Crippen LogP contribution in [-0.4, -0.2) is 39.7 Å². The molecule has 5 aromatic carbocycles. The van der Waals surface area contributed by atoms with E-state index in [1.54, 1.807) is 4.88 Å². The number of aryl methyl sites for hydroxylation is 3. The average molecular weight is 1190 g/mol. The van der Waals surface area contributed by atoms with Crippen LogP contribution in [-0.2, 0) is 59.0 Å². The van der Waals surface area contributed by atoms with E-state index >= 15 is 0 Å². The molecule has 0 aliphatic heterocycles. The summed E-state index contributed by atoms with van der Waals surface area (Å²) in [5, 5.41) is 26.8. The molecule has 0 aliphatic carbocycles. The molecule has 0 bridgehead atoms. The van der Waals surface area contributed by atoms with E-state index in [0.717, 1.165) is 60.7 Å². The largest absolute Gasteiger partial charge is 0.361 e. The predicted octanol–water partition coefficient (Wildman–Crippen LogP) is 20.9. The second kappa shape index (κ2) is 34.3. The first kappa shape index (κ1) is 68.0. The lowest BCUT2D eigenvalue weighted by molar-refractivity contribution is 0.406. The summed E-state index contributed by atoms with van der Waals surface area (Å²) >= 11 is 3.73. The maximum absolute atomic E-state index is 4.55. The first-order chi connectivity index (χ1) is 41.2. The van der Waals surface area contributed by atoms with Gasteiger partial charge in [-0.15, -0.1) is 22.7 Å². The van der Waals surface area contributed by atoms with Gasteiger partial charge in [0, 0.05) is 80.8 Å². The van der Waals surface area contributed by atoms with Crippen molar-refractivity contribution in [3.8, 4) is 0 Å². The second-order valence-corrected chi connectivity index (χ2v) is 27.7. The molecule has 12 aromatic rings. The van der Waals surface area contributed by atoms with E-state index in [1.807, 2.05) is 46.5 Å². The quantitative estimate of drug-likeness (QED) is 0.113. The number of hydrogen-bond acceptors (Lipinski definition) is 7. The topological polar surface area (TPSA) is 106 Å². The average Bonchev–Trinajstić information content (AvgIpc) is 2.75. The zero-order chi connectivity index (χ0) is 62.3. The Bertz CT molecular complexity index is 3540. The highest BCUT2D eigenvalue weighted by Crippen LogP contribution is 2.28. The van der Waals surface area contributed by atoms with Gasteiger partial charge < -0.3 is 14.1 Å². The predicted molar refractivity (Wildman–Crippen MR) is 373 cm³/mol. The van der Waals surface area contributed by atoms with Gasteiger partial charge in [0.05, 0.1) is 16.7 Å². The molecule has 7 aromatic heterocycles. The second-order valence-electron chi connectivity index (χ2n) is 25.8. The van der Waals surface area contributed by atoms with Crippen molar-refractivity contribution in [2.75, 3.05) is 0 Å². The molecule has 9 nitrogen and oxygen atoms in total. The molecule has 0 spiro atoms. The standard InChI is InChI=1S/C13H17N.C12H16N2.C12H15N.C12H14S.C11H14N2.C9H14S.C6H10N2O/c1-10(2)8-11-9-14(3)13-7-5-4-6-12(11)13;1-9(2)8-11-10-6-4-5-7-12(10)14(3)13-11;2*1-9(2)7-10-8-13-12-6-4-3-5-11(10)12;1-8(2)7-11-9-5-3-4-6-10(9)12-13-11;1-7(2)6-9-8(3)4-5-10-9;1-5(2)3-6-7-4-9-8-6/h4-7,9-10H,8H2,1-3H3;4-7,9H,8H2,1-3H3;3-6,8-9,13H,7H2,1-2H3;3-6,8-9H,7H2,1-2H3;3-6,8H,7H2,1-2H3,(H,12,13);4-5,7H,6H2,1-3H3;4-5H,3H2,1-2H3. The number of hydrogen-bond donors (Lipinski definition) is 2. The molecular weight excluding hydrogens is 1090 g/mol. The molecule has 86 heavy (non-hydrogen) atoms. The van der Waals surface area contributed by atoms with E-state index in [0.29, 0.717) is 17.8 Å². The molecule has 458 valence electrons. The summed E-state index contributed by atoms with van der Waals surface area (Å²) in [6, 6.07) is 44.6. The highest BCUT2D eigenvalue weighted by atomic mass is 32.1. The molecule has 12 rings (SSSR count). The Kier molecular flexibility index (Phi) is 27.1. The van der Waals surface area contributed by atoms with Crippen LogP contribution in [0.5, 0.6) is 0 Å². The number of thiophene rings is 2. The normalized spacial score (nSPS) is 11.2. The van der Waals surface area contributed by atoms with Crippen LogP contribution in [0, 0.1) is 48.3 Å². The van der Waals surface area contributed by atoms with Gasteiger partial charge in [0.25, 0.3) is 0 Å². The van der Waals surface area contributed by atoms with Crippen molar-refractivity contribution in [2.24, 2.45) is 55.5 Å². The first-order valence-electron chi connectivity index (χ1n) is 31.3. The fourth-order valence-corrected chi connectivity index (χ4v) is 12.5. The maximum atomic E-state index is 4.55. The zero-order valence-corrected chi connectivity index (χ0v) is 56.5. The number of nitrogens with zero attached hydrogens (tertiary/aromatic N) is 6. The summed E-state index contributed by atoms with van der Waals surface area (Å²) in [5.74, 6) is 5.71. The third kappa shape index (κ3) is 21.4. The SMILES string of the molecule is CC(C)Cc1[nH]nc2ccccc12.CC(C)Cc1c[nH]c2ccccc12.CC(C)Cc1cn(C)c2ccccc12.CC(C)Cc1csc2ccccc12.CC(C)Cc1ncon1.CC(C)Cc1nn(C)c2ccccc12.Cc1ccsc1CC(C)C. The minimum atomic E-state index is 0.600. The van der Waals surface area contributed by atoms with Gasteiger partial charge in [-0.3, -0.25) is 9.78 Å². The van der Waals surface area contributed by atoms with Gasteiger partial charge >= 0.3 is 0 Å². The molecule has 0 saturated carbocycles. The summed E-state index contributed by atoms with van der Waals surface area (Å²) < 4.78 is 10.1. The lowest BCUT2D eigenvalue weighted by atomic mass is 10.0. The Labute approximate surface area is 523 Å². The minimum absolute atomic E-state index is 0.600. The van der Waals surface area contributed by atoms with Gasteiger partial charge in [-0.2, -0.15) is 15.2 Å². The van der Waals surface area contributed by atoms with Gasteiger partial charge in [0.1, 0.15) is 0 Å². The molecule has 0 aliphatic rings. The number of aromatic nitrogens is 8. The molecule has 0 unspecified atom stereocenters. The number of para-hydroxylation sites is 4. The summed E-state index contributed by atoms with van der Waals surface area (Å²) in [4.78, 5) is 8.72. The molecule has 0 atom stereocenters. The molecule has 0 saturated heterocycles. The number of fused-ring (bicyclic) bond motifs is 5. The molecule has 11 heteroatoms. The summed E-state index contributed by atoms with van der Waals surface area (Å²) in [6.45, 7) is 33.4. The van der Waals surface area contributed by atoms with Crippen molar-refractivity contribution in [1.82, 2.24) is 39.7 Å². The zero-order valence-electron chi connectivity index (χ0n) is 54.9. The third-order valence-electron chi connectivity index (χ3n) is 14.2. The Balaban J connectivity index is 0.000000161. The molecule has 2 N–H and O–H groups in total. The van der Waals surface area contributed by atoms with Crippen LogP contribution in [0.4, 0.5) is 0 Å². The third-order valence-corrected chi connectivity index (χ3v) is 16.3. The van der Waals surface area contributed by atoms with E-state index in [4.69, 9.17) is 0 Å². The van der Waals surface area contributed by atoms with E-state index in [9.17, 15) is 0 Å². The summed E-state index contributed by atoms with van der Waals surface area (Å²) in [5.41, 5.74) is 13.2. The van der Waals surface area contributed by atoms with Gasteiger partial charge in [-0.1, -0.05) is 193 Å². The monoisotopic (exact) mass is 1190 g/mol.